The highest BCUT2D eigenvalue weighted by molar-refractivity contribution is 7.99. The first-order chi connectivity index (χ1) is 20.9. The molecule has 0 aliphatic carbocycles. The fraction of sp³-hybridized carbons (Fsp3) is 0.206. The lowest BCUT2D eigenvalue weighted by molar-refractivity contribution is -0.137. The van der Waals surface area contributed by atoms with Crippen molar-refractivity contribution in [1.82, 2.24) is 20.1 Å². The number of amides is 1. The summed E-state index contributed by atoms with van der Waals surface area (Å²) in [5.41, 5.74) is 2.64. The average molecular weight is 601 g/mol. The number of unbranched alkanes of at least 4 members (excludes halogenated alkanes) is 1. The normalized spacial score (nSPS) is 11.5. The molecule has 1 amide bonds. The van der Waals surface area contributed by atoms with Gasteiger partial charge in [0.1, 0.15) is 5.82 Å². The predicted molar refractivity (Wildman–Crippen MR) is 163 cm³/mol. The van der Waals surface area contributed by atoms with Crippen LogP contribution < -0.4 is 5.32 Å². The largest absolute Gasteiger partial charge is 0.416 e. The predicted octanol–water partition coefficient (Wildman–Crippen LogP) is 8.05. The van der Waals surface area contributed by atoms with Gasteiger partial charge in [0.05, 0.1) is 17.3 Å². The Morgan fingerprint density at radius 3 is 2.05 bits per heavy atom. The molecule has 5 rings (SSSR count). The molecule has 0 aliphatic heterocycles. The number of halogens is 3. The zero-order valence-electron chi connectivity index (χ0n) is 23.4. The molecule has 5 nitrogen and oxygen atoms in total. The molecule has 4 aromatic carbocycles. The van der Waals surface area contributed by atoms with Crippen LogP contribution in [0.4, 0.5) is 13.2 Å². The quantitative estimate of drug-likeness (QED) is 0.116. The maximum atomic E-state index is 13.5. The van der Waals surface area contributed by atoms with Crippen LogP contribution in [0.2, 0.25) is 0 Å². The molecular formula is C34H31F3N4OS. The number of alkyl halides is 3. The van der Waals surface area contributed by atoms with Gasteiger partial charge < -0.3 is 5.32 Å². The van der Waals surface area contributed by atoms with Crippen LogP contribution in [0.15, 0.2) is 120 Å². The van der Waals surface area contributed by atoms with E-state index in [9.17, 15) is 18.0 Å². The lowest BCUT2D eigenvalue weighted by atomic mass is 9.98. The zero-order valence-corrected chi connectivity index (χ0v) is 24.2. The fourth-order valence-electron chi connectivity index (χ4n) is 4.80. The van der Waals surface area contributed by atoms with Gasteiger partial charge >= 0.3 is 6.18 Å². The number of thioether (sulfide) groups is 1. The van der Waals surface area contributed by atoms with Crippen LogP contribution in [0.3, 0.4) is 0 Å². The van der Waals surface area contributed by atoms with Crippen LogP contribution >= 0.6 is 11.8 Å². The molecule has 0 atom stereocenters. The summed E-state index contributed by atoms with van der Waals surface area (Å²) >= 11 is 1.42. The van der Waals surface area contributed by atoms with Gasteiger partial charge in [-0.05, 0) is 47.7 Å². The van der Waals surface area contributed by atoms with Crippen molar-refractivity contribution in [1.29, 1.82) is 0 Å². The van der Waals surface area contributed by atoms with Gasteiger partial charge in [0.25, 0.3) is 0 Å². The zero-order chi connectivity index (χ0) is 30.1. The second-order valence-corrected chi connectivity index (χ2v) is 11.1. The first-order valence-electron chi connectivity index (χ1n) is 14.1. The van der Waals surface area contributed by atoms with E-state index in [4.69, 9.17) is 0 Å². The standard InChI is InChI=1S/C34H31F3N4OS/c35-34(36,37)28-19-12-20-29(24-28)41-30(23-25-13-4-1-5-14-25)39-40-33(41)43-22-11-10-21-31(42)38-32(26-15-6-2-7-16-26)27-17-8-3-9-18-27/h1-9,12-20,24,32H,10-11,21-23H2,(H,38,42). The van der Waals surface area contributed by atoms with Gasteiger partial charge in [0.15, 0.2) is 5.16 Å². The summed E-state index contributed by atoms with van der Waals surface area (Å²) in [5.74, 6) is 1.15. The summed E-state index contributed by atoms with van der Waals surface area (Å²) in [7, 11) is 0. The van der Waals surface area contributed by atoms with Crippen LogP contribution in [0.5, 0.6) is 0 Å². The lowest BCUT2D eigenvalue weighted by Crippen LogP contribution is -2.29. The first kappa shape index (κ1) is 30.1. The lowest BCUT2D eigenvalue weighted by Gasteiger charge is -2.20. The molecule has 0 saturated carbocycles. The fourth-order valence-corrected chi connectivity index (χ4v) is 5.77. The van der Waals surface area contributed by atoms with E-state index in [-0.39, 0.29) is 11.9 Å². The third-order valence-electron chi connectivity index (χ3n) is 6.94. The molecule has 0 aliphatic rings. The van der Waals surface area contributed by atoms with Crippen molar-refractivity contribution >= 4 is 17.7 Å². The summed E-state index contributed by atoms with van der Waals surface area (Å²) in [4.78, 5) is 12.9. The van der Waals surface area contributed by atoms with E-state index < -0.39 is 11.7 Å². The van der Waals surface area contributed by atoms with Crippen molar-refractivity contribution in [2.24, 2.45) is 0 Å². The second-order valence-electron chi connectivity index (χ2n) is 10.1. The summed E-state index contributed by atoms with van der Waals surface area (Å²) in [6.45, 7) is 0. The third kappa shape index (κ3) is 8.14. The summed E-state index contributed by atoms with van der Waals surface area (Å²) in [5, 5.41) is 12.4. The molecule has 0 saturated heterocycles. The third-order valence-corrected chi connectivity index (χ3v) is 7.95. The molecule has 5 aromatic rings. The van der Waals surface area contributed by atoms with Crippen molar-refractivity contribution < 1.29 is 18.0 Å². The van der Waals surface area contributed by atoms with E-state index in [0.29, 0.717) is 41.7 Å². The molecule has 1 N–H and O–H groups in total. The maximum Gasteiger partial charge on any atom is 0.416 e. The highest BCUT2D eigenvalue weighted by Gasteiger charge is 2.31. The Bertz CT molecular complexity index is 1570. The number of hydrogen-bond donors (Lipinski definition) is 1. The molecule has 43 heavy (non-hydrogen) atoms. The average Bonchev–Trinajstić information content (AvgIpc) is 3.42. The minimum Gasteiger partial charge on any atom is -0.345 e. The van der Waals surface area contributed by atoms with Gasteiger partial charge in [-0.2, -0.15) is 13.2 Å². The number of hydrogen-bond acceptors (Lipinski definition) is 4. The van der Waals surface area contributed by atoms with Crippen LogP contribution in [0, 0.1) is 0 Å². The van der Waals surface area contributed by atoms with E-state index in [0.717, 1.165) is 35.2 Å². The minimum atomic E-state index is -4.46. The van der Waals surface area contributed by atoms with Crippen LogP contribution in [0.25, 0.3) is 5.69 Å². The van der Waals surface area contributed by atoms with Gasteiger partial charge in [-0.25, -0.2) is 0 Å². The van der Waals surface area contributed by atoms with Gasteiger partial charge in [-0.3, -0.25) is 9.36 Å². The maximum absolute atomic E-state index is 13.5. The highest BCUT2D eigenvalue weighted by atomic mass is 32.2. The number of nitrogens with zero attached hydrogens (tertiary/aromatic N) is 3. The molecule has 220 valence electrons. The molecule has 1 heterocycles. The molecule has 0 fully saturated rings. The molecular weight excluding hydrogens is 569 g/mol. The summed E-state index contributed by atoms with van der Waals surface area (Å²) in [6.07, 6.45) is -2.30. The topological polar surface area (TPSA) is 59.8 Å². The smallest absolute Gasteiger partial charge is 0.345 e. The van der Waals surface area contributed by atoms with E-state index in [1.807, 2.05) is 91.0 Å². The van der Waals surface area contributed by atoms with Crippen LogP contribution in [-0.4, -0.2) is 26.4 Å². The number of nitrogens with one attached hydrogen (secondary N) is 1. The van der Waals surface area contributed by atoms with Gasteiger partial charge in [-0.15, -0.1) is 10.2 Å². The number of carbonyl (C=O) groups is 1. The van der Waals surface area contributed by atoms with E-state index in [1.54, 1.807) is 10.6 Å². The Balaban J connectivity index is 1.23. The first-order valence-corrected chi connectivity index (χ1v) is 15.0. The van der Waals surface area contributed by atoms with E-state index >= 15 is 0 Å². The molecule has 0 bridgehead atoms. The minimum absolute atomic E-state index is 0.0417. The number of carbonyl (C=O) groups excluding carboxylic acids is 1. The van der Waals surface area contributed by atoms with Crippen molar-refractivity contribution in [3.05, 3.63) is 143 Å². The number of rotatable bonds is 12. The van der Waals surface area contributed by atoms with Gasteiger partial charge in [0, 0.05) is 18.6 Å². The Morgan fingerprint density at radius 2 is 1.42 bits per heavy atom. The molecule has 0 unspecified atom stereocenters. The SMILES string of the molecule is O=C(CCCCSc1nnc(Cc2ccccc2)n1-c1cccc(C(F)(F)F)c1)NC(c1ccccc1)c1ccccc1. The summed E-state index contributed by atoms with van der Waals surface area (Å²) in [6, 6.07) is 34.3. The molecule has 0 radical (unpaired) electrons. The van der Waals surface area contributed by atoms with Crippen LogP contribution in [0.1, 0.15) is 53.4 Å². The van der Waals surface area contributed by atoms with Crippen molar-refractivity contribution in [3.63, 3.8) is 0 Å². The molecule has 9 heteroatoms. The monoisotopic (exact) mass is 600 g/mol. The Hall–Kier alpha value is -4.37. The summed E-state index contributed by atoms with van der Waals surface area (Å²) < 4.78 is 42.2. The van der Waals surface area contributed by atoms with Gasteiger partial charge in [-0.1, -0.05) is 109 Å². The van der Waals surface area contributed by atoms with Crippen molar-refractivity contribution in [2.45, 2.75) is 43.1 Å². The number of aromatic nitrogens is 3. The Morgan fingerprint density at radius 1 is 0.791 bits per heavy atom. The molecule has 0 spiro atoms. The van der Waals surface area contributed by atoms with E-state index in [1.165, 1.54) is 17.8 Å². The van der Waals surface area contributed by atoms with E-state index in [2.05, 4.69) is 15.5 Å². The second kappa shape index (κ2) is 14.2. The Labute approximate surface area is 253 Å². The number of benzene rings is 4. The van der Waals surface area contributed by atoms with Crippen LogP contribution in [-0.2, 0) is 17.4 Å². The van der Waals surface area contributed by atoms with Crippen molar-refractivity contribution in [2.75, 3.05) is 5.75 Å². The van der Waals surface area contributed by atoms with Gasteiger partial charge in [0.2, 0.25) is 5.91 Å². The highest BCUT2D eigenvalue weighted by Crippen LogP contribution is 2.32. The van der Waals surface area contributed by atoms with Crippen molar-refractivity contribution in [3.8, 4) is 5.69 Å². The Kier molecular flexibility index (Phi) is 9.94. The molecule has 1 aromatic heterocycles.